The van der Waals surface area contributed by atoms with E-state index in [0.717, 1.165) is 47.3 Å². The maximum Gasteiger partial charge on any atom is 0.241 e. The zero-order valence-electron chi connectivity index (χ0n) is 13.4. The van der Waals surface area contributed by atoms with Gasteiger partial charge in [-0.3, -0.25) is 4.79 Å². The standard InChI is InChI=1S/C16H22N4O2S/c1-10(2)14(17)15(21)18-11-3-4-12-13(9-11)23-16(19-12)20-5-7-22-8-6-20/h3-4,9-10,14H,5-8,17H2,1-2H3,(H,18,21). The molecule has 0 spiro atoms. The molecule has 2 heterocycles. The Morgan fingerprint density at radius 1 is 1.39 bits per heavy atom. The minimum atomic E-state index is -0.504. The molecule has 6 nitrogen and oxygen atoms in total. The van der Waals surface area contributed by atoms with Crippen LogP contribution in [0, 0.1) is 5.92 Å². The fraction of sp³-hybridized carbons (Fsp3) is 0.500. The zero-order chi connectivity index (χ0) is 16.4. The molecule has 1 aromatic carbocycles. The van der Waals surface area contributed by atoms with Crippen LogP contribution >= 0.6 is 11.3 Å². The molecule has 1 aliphatic rings. The van der Waals surface area contributed by atoms with Gasteiger partial charge in [-0.25, -0.2) is 4.98 Å². The first kappa shape index (κ1) is 16.2. The van der Waals surface area contributed by atoms with E-state index in [4.69, 9.17) is 10.5 Å². The van der Waals surface area contributed by atoms with Crippen molar-refractivity contribution in [2.45, 2.75) is 19.9 Å². The molecule has 1 saturated heterocycles. The first-order valence-corrected chi connectivity index (χ1v) is 8.66. The van der Waals surface area contributed by atoms with Crippen molar-refractivity contribution < 1.29 is 9.53 Å². The summed E-state index contributed by atoms with van der Waals surface area (Å²) in [5.74, 6) is -0.0488. The summed E-state index contributed by atoms with van der Waals surface area (Å²) in [7, 11) is 0. The number of carbonyl (C=O) groups excluding carboxylic acids is 1. The Morgan fingerprint density at radius 2 is 2.13 bits per heavy atom. The molecule has 0 radical (unpaired) electrons. The highest BCUT2D eigenvalue weighted by molar-refractivity contribution is 7.22. The third-order valence-corrected chi connectivity index (χ3v) is 5.03. The van der Waals surface area contributed by atoms with Crippen molar-refractivity contribution in [2.24, 2.45) is 11.7 Å². The Balaban J connectivity index is 1.77. The fourth-order valence-electron chi connectivity index (χ4n) is 2.41. The number of aromatic nitrogens is 1. The SMILES string of the molecule is CC(C)C(N)C(=O)Nc1ccc2nc(N3CCOCC3)sc2c1. The molecule has 1 fully saturated rings. The number of nitrogens with two attached hydrogens (primary N) is 1. The van der Waals surface area contributed by atoms with Crippen molar-refractivity contribution in [1.82, 2.24) is 4.98 Å². The normalized spacial score (nSPS) is 16.8. The predicted molar refractivity (Wildman–Crippen MR) is 94.1 cm³/mol. The summed E-state index contributed by atoms with van der Waals surface area (Å²) in [6.07, 6.45) is 0. The van der Waals surface area contributed by atoms with Crippen LogP contribution in [0.15, 0.2) is 18.2 Å². The van der Waals surface area contributed by atoms with Crippen LogP contribution < -0.4 is 16.0 Å². The van der Waals surface area contributed by atoms with Gasteiger partial charge in [-0.15, -0.1) is 0 Å². The Morgan fingerprint density at radius 3 is 2.83 bits per heavy atom. The second-order valence-corrected chi connectivity index (χ2v) is 7.05. The van der Waals surface area contributed by atoms with Gasteiger partial charge in [0.25, 0.3) is 0 Å². The van der Waals surface area contributed by atoms with Gasteiger partial charge in [0.2, 0.25) is 5.91 Å². The molecule has 3 N–H and O–H groups in total. The Kier molecular flexibility index (Phi) is 4.79. The lowest BCUT2D eigenvalue weighted by atomic mass is 10.1. The van der Waals surface area contributed by atoms with Crippen LogP contribution in [0.3, 0.4) is 0 Å². The van der Waals surface area contributed by atoms with Crippen LogP contribution in [0.25, 0.3) is 10.2 Å². The van der Waals surface area contributed by atoms with E-state index < -0.39 is 6.04 Å². The lowest BCUT2D eigenvalue weighted by Gasteiger charge is -2.25. The summed E-state index contributed by atoms with van der Waals surface area (Å²) < 4.78 is 6.43. The molecular weight excluding hydrogens is 312 g/mol. The first-order chi connectivity index (χ1) is 11.0. The highest BCUT2D eigenvalue weighted by Gasteiger charge is 2.18. The monoisotopic (exact) mass is 334 g/mol. The van der Waals surface area contributed by atoms with E-state index in [0.29, 0.717) is 0 Å². The van der Waals surface area contributed by atoms with Crippen molar-refractivity contribution in [1.29, 1.82) is 0 Å². The van der Waals surface area contributed by atoms with E-state index >= 15 is 0 Å². The Hall–Kier alpha value is -1.70. The number of thiazole rings is 1. The number of fused-ring (bicyclic) bond motifs is 1. The number of nitrogens with zero attached hydrogens (tertiary/aromatic N) is 2. The summed E-state index contributed by atoms with van der Waals surface area (Å²) in [5, 5.41) is 3.89. The maximum atomic E-state index is 12.1. The van der Waals surface area contributed by atoms with Crippen molar-refractivity contribution in [3.63, 3.8) is 0 Å². The number of morpholine rings is 1. The van der Waals surface area contributed by atoms with E-state index in [9.17, 15) is 4.79 Å². The van der Waals surface area contributed by atoms with Gasteiger partial charge in [-0.2, -0.15) is 0 Å². The molecular formula is C16H22N4O2S. The summed E-state index contributed by atoms with van der Waals surface area (Å²) >= 11 is 1.64. The van der Waals surface area contributed by atoms with Crippen LogP contribution in [0.4, 0.5) is 10.8 Å². The van der Waals surface area contributed by atoms with Gasteiger partial charge in [-0.05, 0) is 24.1 Å². The number of amides is 1. The van der Waals surface area contributed by atoms with Crippen LogP contribution in [-0.2, 0) is 9.53 Å². The van der Waals surface area contributed by atoms with Crippen LogP contribution in [-0.4, -0.2) is 43.2 Å². The summed E-state index contributed by atoms with van der Waals surface area (Å²) in [4.78, 5) is 19.0. The summed E-state index contributed by atoms with van der Waals surface area (Å²) in [5.41, 5.74) is 7.59. The van der Waals surface area contributed by atoms with Gasteiger partial charge in [0.15, 0.2) is 5.13 Å². The number of benzene rings is 1. The number of rotatable bonds is 4. The van der Waals surface area contributed by atoms with Gasteiger partial charge < -0.3 is 20.7 Å². The highest BCUT2D eigenvalue weighted by Crippen LogP contribution is 2.31. The topological polar surface area (TPSA) is 80.5 Å². The number of carbonyl (C=O) groups is 1. The number of nitrogens with one attached hydrogen (secondary N) is 1. The molecule has 0 saturated carbocycles. The van der Waals surface area contributed by atoms with Crippen LogP contribution in [0.2, 0.25) is 0 Å². The number of hydrogen-bond donors (Lipinski definition) is 2. The third kappa shape index (κ3) is 3.63. The smallest absolute Gasteiger partial charge is 0.241 e. The fourth-order valence-corrected chi connectivity index (χ4v) is 3.46. The second-order valence-electron chi connectivity index (χ2n) is 6.04. The molecule has 0 aliphatic carbocycles. The third-order valence-electron chi connectivity index (χ3n) is 3.95. The number of anilines is 2. The number of hydrogen-bond acceptors (Lipinski definition) is 6. The van der Waals surface area contributed by atoms with Gasteiger partial charge in [0.1, 0.15) is 0 Å². The second kappa shape index (κ2) is 6.82. The Labute approximate surface area is 139 Å². The molecule has 23 heavy (non-hydrogen) atoms. The molecule has 1 amide bonds. The molecule has 2 aromatic rings. The predicted octanol–water partition coefficient (Wildman–Crippen LogP) is 2.05. The van der Waals surface area contributed by atoms with Gasteiger partial charge in [-0.1, -0.05) is 25.2 Å². The van der Waals surface area contributed by atoms with E-state index in [1.165, 1.54) is 0 Å². The van der Waals surface area contributed by atoms with E-state index in [1.807, 2.05) is 32.0 Å². The average molecular weight is 334 g/mol. The zero-order valence-corrected chi connectivity index (χ0v) is 14.2. The van der Waals surface area contributed by atoms with Crippen molar-refractivity contribution in [3.05, 3.63) is 18.2 Å². The van der Waals surface area contributed by atoms with Gasteiger partial charge in [0, 0.05) is 18.8 Å². The Bertz CT molecular complexity index is 694. The molecule has 1 aliphatic heterocycles. The van der Waals surface area contributed by atoms with E-state index in [2.05, 4.69) is 15.2 Å². The summed E-state index contributed by atoms with van der Waals surface area (Å²) in [6, 6.07) is 5.26. The van der Waals surface area contributed by atoms with Crippen molar-refractivity contribution in [2.75, 3.05) is 36.5 Å². The average Bonchev–Trinajstić information content (AvgIpc) is 2.98. The van der Waals surface area contributed by atoms with Gasteiger partial charge >= 0.3 is 0 Å². The quantitative estimate of drug-likeness (QED) is 0.894. The molecule has 3 rings (SSSR count). The molecule has 1 atom stereocenters. The molecule has 124 valence electrons. The largest absolute Gasteiger partial charge is 0.378 e. The van der Waals surface area contributed by atoms with Crippen molar-refractivity contribution in [3.8, 4) is 0 Å². The molecule has 1 unspecified atom stereocenters. The lowest BCUT2D eigenvalue weighted by molar-refractivity contribution is -0.118. The van der Waals surface area contributed by atoms with Crippen LogP contribution in [0.5, 0.6) is 0 Å². The molecule has 7 heteroatoms. The minimum absolute atomic E-state index is 0.107. The minimum Gasteiger partial charge on any atom is -0.378 e. The van der Waals surface area contributed by atoms with E-state index in [-0.39, 0.29) is 11.8 Å². The molecule has 1 aromatic heterocycles. The number of ether oxygens (including phenoxy) is 1. The van der Waals surface area contributed by atoms with Gasteiger partial charge in [0.05, 0.1) is 29.5 Å². The lowest BCUT2D eigenvalue weighted by Crippen LogP contribution is -2.39. The van der Waals surface area contributed by atoms with Crippen LogP contribution in [0.1, 0.15) is 13.8 Å². The van der Waals surface area contributed by atoms with E-state index in [1.54, 1.807) is 11.3 Å². The first-order valence-electron chi connectivity index (χ1n) is 7.84. The molecule has 0 bridgehead atoms. The van der Waals surface area contributed by atoms with Crippen molar-refractivity contribution >= 4 is 38.3 Å². The highest BCUT2D eigenvalue weighted by atomic mass is 32.1. The summed E-state index contributed by atoms with van der Waals surface area (Å²) in [6.45, 7) is 7.09. The maximum absolute atomic E-state index is 12.1.